The molecule has 0 aromatic heterocycles. The van der Waals surface area contributed by atoms with Gasteiger partial charge in [0.15, 0.2) is 5.78 Å². The van der Waals surface area contributed by atoms with Gasteiger partial charge in [-0.1, -0.05) is 45.9 Å². The molecule has 0 fully saturated rings. The molecule has 0 bridgehead atoms. The first-order valence-corrected chi connectivity index (χ1v) is 15.7. The highest BCUT2D eigenvalue weighted by Crippen LogP contribution is 2.27. The summed E-state index contributed by atoms with van der Waals surface area (Å²) in [5.41, 5.74) is 2.67. The maximum Gasteiger partial charge on any atom is 0.330 e. The molecule has 0 saturated carbocycles. The summed E-state index contributed by atoms with van der Waals surface area (Å²) in [5, 5.41) is 0.0110. The van der Waals surface area contributed by atoms with Gasteiger partial charge in [0.05, 0.1) is 19.8 Å². The van der Waals surface area contributed by atoms with E-state index in [0.717, 1.165) is 61.0 Å². The summed E-state index contributed by atoms with van der Waals surface area (Å²) in [4.78, 5) is 35.3. The third-order valence-corrected chi connectivity index (χ3v) is 7.54. The number of Topliss-reactive ketones (excluding diaryl/α,β-unsaturated/α-hetero) is 1. The molecule has 3 rings (SSSR count). The minimum Gasteiger partial charge on any atom is -0.494 e. The molecule has 0 aliphatic carbocycles. The van der Waals surface area contributed by atoms with Crippen molar-refractivity contribution in [2.75, 3.05) is 19.8 Å². The molecule has 0 spiro atoms. The lowest BCUT2D eigenvalue weighted by Crippen LogP contribution is -2.04. The minimum atomic E-state index is -0.407. The lowest BCUT2D eigenvalue weighted by atomic mass is 9.99. The van der Waals surface area contributed by atoms with E-state index in [0.29, 0.717) is 30.4 Å². The summed E-state index contributed by atoms with van der Waals surface area (Å²) in [6.07, 6.45) is 5.94. The molecule has 0 N–H and O–H groups in total. The number of thioether (sulfide) groups is 1. The molecule has 0 amide bonds. The summed E-state index contributed by atoms with van der Waals surface area (Å²) in [7, 11) is 0. The van der Waals surface area contributed by atoms with Gasteiger partial charge in [0, 0.05) is 22.1 Å². The quantitative estimate of drug-likeness (QED) is 0.0530. The van der Waals surface area contributed by atoms with Gasteiger partial charge in [-0.3, -0.25) is 9.59 Å². The zero-order chi connectivity index (χ0) is 31.5. The van der Waals surface area contributed by atoms with Gasteiger partial charge < -0.3 is 14.2 Å². The van der Waals surface area contributed by atoms with Crippen LogP contribution in [0.25, 0.3) is 0 Å². The molecule has 3 aromatic carbocycles. The zero-order valence-electron chi connectivity index (χ0n) is 25.8. The fourth-order valence-corrected chi connectivity index (χ4v) is 4.44. The van der Waals surface area contributed by atoms with Crippen molar-refractivity contribution in [1.82, 2.24) is 0 Å². The highest BCUT2D eigenvalue weighted by molar-refractivity contribution is 8.14. The Morgan fingerprint density at radius 3 is 1.81 bits per heavy atom. The highest BCUT2D eigenvalue weighted by Gasteiger charge is 2.10. The Kier molecular flexibility index (Phi) is 16.6. The first kappa shape index (κ1) is 35.4. The van der Waals surface area contributed by atoms with Gasteiger partial charge >= 0.3 is 5.97 Å². The van der Waals surface area contributed by atoms with Crippen molar-refractivity contribution in [3.05, 3.63) is 102 Å². The molecule has 0 aliphatic rings. The fraction of sp³-hybridized carbons (Fsp3) is 0.361. The van der Waals surface area contributed by atoms with Gasteiger partial charge in [0.25, 0.3) is 0 Å². The standard InChI is InChI=1S/C24H28O4S.C12H16O2/c1-4-18(3)19-10-14-22(15-11-19)29-24(26)20-8-12-21(13-9-20)27-16-6-7-17-28-23(25)5-2;1-3-4-9-14-12-7-5-11(6-8-12)10(2)13/h5,8-15,18H,2,4,6-7,16-17H2,1,3H3;5-8H,3-4,9H2,1-2H3. The Bertz CT molecular complexity index is 1270. The number of benzene rings is 3. The molecule has 43 heavy (non-hydrogen) atoms. The summed E-state index contributed by atoms with van der Waals surface area (Å²) in [6, 6.07) is 22.6. The molecule has 230 valence electrons. The van der Waals surface area contributed by atoms with E-state index >= 15 is 0 Å². The fourth-order valence-electron chi connectivity index (χ4n) is 3.70. The monoisotopic (exact) mass is 604 g/mol. The van der Waals surface area contributed by atoms with Gasteiger partial charge in [0.1, 0.15) is 11.5 Å². The Morgan fingerprint density at radius 2 is 1.30 bits per heavy atom. The Labute approximate surface area is 260 Å². The summed E-state index contributed by atoms with van der Waals surface area (Å²) in [5.74, 6) is 1.76. The Morgan fingerprint density at radius 1 is 0.767 bits per heavy atom. The first-order chi connectivity index (χ1) is 20.8. The molecule has 1 unspecified atom stereocenters. The molecule has 0 aliphatic heterocycles. The second-order valence-corrected chi connectivity index (χ2v) is 11.0. The van der Waals surface area contributed by atoms with Crippen molar-refractivity contribution in [2.24, 2.45) is 0 Å². The van der Waals surface area contributed by atoms with Crippen molar-refractivity contribution in [3.8, 4) is 11.5 Å². The van der Waals surface area contributed by atoms with Crippen molar-refractivity contribution in [2.45, 2.75) is 70.6 Å². The summed E-state index contributed by atoms with van der Waals surface area (Å²) >= 11 is 1.23. The second kappa shape index (κ2) is 20.1. The van der Waals surface area contributed by atoms with Crippen LogP contribution >= 0.6 is 11.8 Å². The third-order valence-electron chi connectivity index (χ3n) is 6.61. The number of hydrogen-bond acceptors (Lipinski definition) is 7. The highest BCUT2D eigenvalue weighted by atomic mass is 32.2. The predicted octanol–water partition coefficient (Wildman–Crippen LogP) is 9.09. The van der Waals surface area contributed by atoms with Crippen molar-refractivity contribution in [1.29, 1.82) is 0 Å². The van der Waals surface area contributed by atoms with E-state index < -0.39 is 5.97 Å². The molecule has 0 heterocycles. The first-order valence-electron chi connectivity index (χ1n) is 14.8. The van der Waals surface area contributed by atoms with E-state index in [1.54, 1.807) is 43.3 Å². The molecular weight excluding hydrogens is 560 g/mol. The molecule has 6 nitrogen and oxygen atoms in total. The van der Waals surface area contributed by atoms with Gasteiger partial charge in [-0.2, -0.15) is 0 Å². The van der Waals surface area contributed by atoms with E-state index in [2.05, 4.69) is 39.5 Å². The van der Waals surface area contributed by atoms with Crippen LogP contribution in [0.15, 0.2) is 90.3 Å². The molecule has 3 aromatic rings. The van der Waals surface area contributed by atoms with E-state index in [1.807, 2.05) is 24.3 Å². The Hall–Kier alpha value is -3.84. The number of ether oxygens (including phenoxy) is 3. The largest absolute Gasteiger partial charge is 0.494 e. The number of carbonyl (C=O) groups is 3. The van der Waals surface area contributed by atoms with Crippen LogP contribution in [0.1, 0.15) is 92.0 Å². The minimum absolute atomic E-state index is 0.0110. The number of hydrogen-bond donors (Lipinski definition) is 0. The van der Waals surface area contributed by atoms with Crippen LogP contribution in [0, 0.1) is 0 Å². The smallest absolute Gasteiger partial charge is 0.330 e. The van der Waals surface area contributed by atoms with Crippen LogP contribution in [0.3, 0.4) is 0 Å². The normalized spacial score (nSPS) is 11.0. The maximum atomic E-state index is 12.5. The van der Waals surface area contributed by atoms with Gasteiger partial charge in [-0.05, 0) is 117 Å². The van der Waals surface area contributed by atoms with Crippen LogP contribution in [0.2, 0.25) is 0 Å². The number of ketones is 1. The lowest BCUT2D eigenvalue weighted by molar-refractivity contribution is -0.137. The van der Waals surface area contributed by atoms with Crippen LogP contribution in [-0.2, 0) is 9.53 Å². The number of esters is 1. The predicted molar refractivity (Wildman–Crippen MR) is 175 cm³/mol. The molecule has 0 radical (unpaired) electrons. The van der Waals surface area contributed by atoms with E-state index in [1.165, 1.54) is 17.3 Å². The average molecular weight is 605 g/mol. The summed E-state index contributed by atoms with van der Waals surface area (Å²) < 4.78 is 16.0. The number of rotatable bonds is 16. The Balaban J connectivity index is 0.000000385. The molecule has 1 atom stereocenters. The van der Waals surface area contributed by atoms with Crippen molar-refractivity contribution >= 4 is 28.6 Å². The van der Waals surface area contributed by atoms with Crippen molar-refractivity contribution < 1.29 is 28.6 Å². The van der Waals surface area contributed by atoms with Crippen LogP contribution in [0.5, 0.6) is 11.5 Å². The van der Waals surface area contributed by atoms with Crippen LogP contribution in [0.4, 0.5) is 0 Å². The lowest BCUT2D eigenvalue weighted by Gasteiger charge is -2.09. The molecule has 0 saturated heterocycles. The average Bonchev–Trinajstić information content (AvgIpc) is 3.03. The number of carbonyl (C=O) groups excluding carboxylic acids is 3. The maximum absolute atomic E-state index is 12.5. The van der Waals surface area contributed by atoms with Crippen molar-refractivity contribution in [3.63, 3.8) is 0 Å². The van der Waals surface area contributed by atoms with E-state index in [9.17, 15) is 14.4 Å². The molecular formula is C36H44O6S. The summed E-state index contributed by atoms with van der Waals surface area (Å²) in [6.45, 7) is 13.0. The van der Waals surface area contributed by atoms with E-state index in [-0.39, 0.29) is 10.9 Å². The molecule has 7 heteroatoms. The number of unbranched alkanes of at least 4 members (excludes halogenated alkanes) is 2. The van der Waals surface area contributed by atoms with Gasteiger partial charge in [0.2, 0.25) is 5.12 Å². The van der Waals surface area contributed by atoms with Gasteiger partial charge in [-0.25, -0.2) is 4.79 Å². The van der Waals surface area contributed by atoms with Crippen LogP contribution < -0.4 is 9.47 Å². The van der Waals surface area contributed by atoms with Crippen LogP contribution in [-0.4, -0.2) is 36.7 Å². The van der Waals surface area contributed by atoms with E-state index in [4.69, 9.17) is 14.2 Å². The SMILES string of the molecule is C=CC(=O)OCCCCOc1ccc(C(=O)Sc2ccc(C(C)CC)cc2)cc1.CCCCOc1ccc(C(C)=O)cc1. The second-order valence-electron chi connectivity index (χ2n) is 10.0. The third kappa shape index (κ3) is 13.8. The van der Waals surface area contributed by atoms with Gasteiger partial charge in [-0.15, -0.1) is 0 Å². The topological polar surface area (TPSA) is 78.9 Å². The zero-order valence-corrected chi connectivity index (χ0v) is 26.6.